The maximum atomic E-state index is 6.05. The molecular weight excluding hydrogens is 312 g/mol. The van der Waals surface area contributed by atoms with Crippen LogP contribution in [0.1, 0.15) is 57.8 Å². The molecule has 3 saturated carbocycles. The highest BCUT2D eigenvalue weighted by atomic mass is 16.5. The summed E-state index contributed by atoms with van der Waals surface area (Å²) in [5, 5.41) is 7.56. The van der Waals surface area contributed by atoms with Crippen LogP contribution in [0.15, 0.2) is 4.99 Å². The molecule has 0 aromatic rings. The van der Waals surface area contributed by atoms with Crippen molar-refractivity contribution in [2.75, 3.05) is 26.7 Å². The number of guanidine groups is 1. The molecule has 5 heteroatoms. The van der Waals surface area contributed by atoms with E-state index in [1.165, 1.54) is 70.9 Å². The summed E-state index contributed by atoms with van der Waals surface area (Å²) in [4.78, 5) is 7.29. The monoisotopic (exact) mass is 346 g/mol. The number of hydrogen-bond acceptors (Lipinski definition) is 3. The molecule has 140 valence electrons. The van der Waals surface area contributed by atoms with Crippen LogP contribution in [0, 0.1) is 11.3 Å². The van der Waals surface area contributed by atoms with Gasteiger partial charge in [-0.2, -0.15) is 0 Å². The Morgan fingerprint density at radius 2 is 1.92 bits per heavy atom. The molecule has 5 rings (SSSR count). The van der Waals surface area contributed by atoms with Crippen molar-refractivity contribution in [3.8, 4) is 0 Å². The van der Waals surface area contributed by atoms with Gasteiger partial charge in [-0.1, -0.05) is 19.3 Å². The third-order valence-corrected chi connectivity index (χ3v) is 7.95. The van der Waals surface area contributed by atoms with Crippen LogP contribution in [0.4, 0.5) is 0 Å². The Bertz CT molecular complexity index is 526. The molecule has 0 radical (unpaired) electrons. The van der Waals surface area contributed by atoms with Gasteiger partial charge in [0.15, 0.2) is 5.96 Å². The van der Waals surface area contributed by atoms with Gasteiger partial charge in [0.2, 0.25) is 0 Å². The van der Waals surface area contributed by atoms with Crippen LogP contribution in [-0.4, -0.2) is 61.8 Å². The summed E-state index contributed by atoms with van der Waals surface area (Å²) in [5.41, 5.74) is 0.421. The van der Waals surface area contributed by atoms with E-state index in [4.69, 9.17) is 4.74 Å². The van der Waals surface area contributed by atoms with Crippen molar-refractivity contribution in [2.45, 2.75) is 82.0 Å². The number of ether oxygens (including phenoxy) is 1. The van der Waals surface area contributed by atoms with Crippen LogP contribution in [0.25, 0.3) is 0 Å². The van der Waals surface area contributed by atoms with E-state index >= 15 is 0 Å². The lowest BCUT2D eigenvalue weighted by Gasteiger charge is -2.63. The maximum Gasteiger partial charge on any atom is 0.191 e. The molecule has 2 saturated heterocycles. The standard InChI is InChI=1S/C20H34N4O/c1-21-19(22-14-7-11-24(13-14)15-5-2-3-6-15)23-17-16-8-12-25-18(16)20(17)9-4-10-20/h14-18H,2-13H2,1H3,(H2,21,22,23). The highest BCUT2D eigenvalue weighted by molar-refractivity contribution is 5.80. The van der Waals surface area contributed by atoms with Gasteiger partial charge in [-0.15, -0.1) is 0 Å². The fourth-order valence-corrected chi connectivity index (χ4v) is 6.47. The predicted molar refractivity (Wildman–Crippen MR) is 99.8 cm³/mol. The van der Waals surface area contributed by atoms with E-state index in [1.807, 2.05) is 7.05 Å². The fourth-order valence-electron chi connectivity index (χ4n) is 6.47. The Kier molecular flexibility index (Phi) is 4.20. The smallest absolute Gasteiger partial charge is 0.191 e. The molecule has 5 aliphatic rings. The molecule has 0 aromatic carbocycles. The highest BCUT2D eigenvalue weighted by Crippen LogP contribution is 2.62. The number of aliphatic imine (C=N–C) groups is 1. The SMILES string of the molecule is CN=C(NC1CCN(C2CCCC2)C1)NC1C2CCOC2C12CCC2. The van der Waals surface area contributed by atoms with Crippen molar-refractivity contribution in [1.82, 2.24) is 15.5 Å². The number of hydrogen-bond donors (Lipinski definition) is 2. The highest BCUT2D eigenvalue weighted by Gasteiger charge is 2.66. The number of rotatable bonds is 3. The first-order valence-corrected chi connectivity index (χ1v) is 10.7. The van der Waals surface area contributed by atoms with Crippen molar-refractivity contribution in [2.24, 2.45) is 16.3 Å². The van der Waals surface area contributed by atoms with Gasteiger partial charge in [-0.3, -0.25) is 9.89 Å². The molecule has 2 N–H and O–H groups in total. The average molecular weight is 347 g/mol. The third-order valence-electron chi connectivity index (χ3n) is 7.95. The van der Waals surface area contributed by atoms with Gasteiger partial charge in [0, 0.05) is 56.2 Å². The second-order valence-electron chi connectivity index (χ2n) is 9.09. The molecule has 4 unspecified atom stereocenters. The molecule has 25 heavy (non-hydrogen) atoms. The molecule has 2 aliphatic heterocycles. The molecule has 4 atom stereocenters. The third kappa shape index (κ3) is 2.61. The minimum atomic E-state index is 0.421. The molecule has 5 nitrogen and oxygen atoms in total. The topological polar surface area (TPSA) is 48.9 Å². The minimum absolute atomic E-state index is 0.421. The first-order chi connectivity index (χ1) is 12.3. The van der Waals surface area contributed by atoms with Crippen LogP contribution < -0.4 is 10.6 Å². The van der Waals surface area contributed by atoms with Gasteiger partial charge in [-0.25, -0.2) is 0 Å². The fraction of sp³-hybridized carbons (Fsp3) is 0.950. The van der Waals surface area contributed by atoms with Crippen LogP contribution in [0.3, 0.4) is 0 Å². The quantitative estimate of drug-likeness (QED) is 0.607. The number of nitrogens with one attached hydrogen (secondary N) is 2. The Hall–Kier alpha value is -0.810. The normalized spacial score (nSPS) is 40.8. The second kappa shape index (κ2) is 6.41. The van der Waals surface area contributed by atoms with E-state index in [-0.39, 0.29) is 0 Å². The number of likely N-dealkylation sites (tertiary alicyclic amines) is 1. The molecule has 5 fully saturated rings. The van der Waals surface area contributed by atoms with Gasteiger partial charge >= 0.3 is 0 Å². The van der Waals surface area contributed by atoms with Crippen molar-refractivity contribution >= 4 is 5.96 Å². The largest absolute Gasteiger partial charge is 0.377 e. The lowest BCUT2D eigenvalue weighted by atomic mass is 9.46. The minimum Gasteiger partial charge on any atom is -0.377 e. The first-order valence-electron chi connectivity index (χ1n) is 10.7. The van der Waals surface area contributed by atoms with Gasteiger partial charge in [0.1, 0.15) is 0 Å². The zero-order valence-electron chi connectivity index (χ0n) is 15.7. The van der Waals surface area contributed by atoms with Crippen LogP contribution in [0.2, 0.25) is 0 Å². The van der Waals surface area contributed by atoms with Gasteiger partial charge in [0.05, 0.1) is 6.10 Å². The summed E-state index contributed by atoms with van der Waals surface area (Å²) in [6.45, 7) is 3.40. The molecular formula is C20H34N4O. The number of fused-ring (bicyclic) bond motifs is 2. The molecule has 0 amide bonds. The average Bonchev–Trinajstić information content (AvgIpc) is 3.30. The van der Waals surface area contributed by atoms with Crippen LogP contribution in [-0.2, 0) is 4.74 Å². The Labute approximate surface area is 152 Å². The van der Waals surface area contributed by atoms with Crippen molar-refractivity contribution in [3.63, 3.8) is 0 Å². The molecule has 0 bridgehead atoms. The van der Waals surface area contributed by atoms with Gasteiger partial charge < -0.3 is 15.4 Å². The zero-order valence-corrected chi connectivity index (χ0v) is 15.7. The lowest BCUT2D eigenvalue weighted by Crippen LogP contribution is -2.72. The molecule has 1 spiro atoms. The van der Waals surface area contributed by atoms with Crippen molar-refractivity contribution < 1.29 is 4.74 Å². The van der Waals surface area contributed by atoms with Crippen LogP contribution >= 0.6 is 0 Å². The van der Waals surface area contributed by atoms with E-state index in [0.29, 0.717) is 29.5 Å². The Morgan fingerprint density at radius 3 is 2.64 bits per heavy atom. The maximum absolute atomic E-state index is 6.05. The van der Waals surface area contributed by atoms with E-state index in [2.05, 4.69) is 20.5 Å². The summed E-state index contributed by atoms with van der Waals surface area (Å²) in [6, 6.07) is 1.98. The zero-order chi connectivity index (χ0) is 16.9. The van der Waals surface area contributed by atoms with E-state index < -0.39 is 0 Å². The first kappa shape index (κ1) is 16.4. The summed E-state index contributed by atoms with van der Waals surface area (Å²) >= 11 is 0. The summed E-state index contributed by atoms with van der Waals surface area (Å²) in [5.74, 6) is 1.73. The van der Waals surface area contributed by atoms with E-state index in [1.54, 1.807) is 0 Å². The van der Waals surface area contributed by atoms with Gasteiger partial charge in [-0.05, 0) is 38.5 Å². The van der Waals surface area contributed by atoms with Crippen LogP contribution in [0.5, 0.6) is 0 Å². The molecule has 0 aromatic heterocycles. The second-order valence-corrected chi connectivity index (χ2v) is 9.09. The Balaban J connectivity index is 1.18. The molecule has 3 aliphatic carbocycles. The van der Waals surface area contributed by atoms with Gasteiger partial charge in [0.25, 0.3) is 0 Å². The van der Waals surface area contributed by atoms with E-state index in [9.17, 15) is 0 Å². The Morgan fingerprint density at radius 1 is 1.08 bits per heavy atom. The van der Waals surface area contributed by atoms with Crippen molar-refractivity contribution in [1.29, 1.82) is 0 Å². The van der Waals surface area contributed by atoms with E-state index in [0.717, 1.165) is 18.6 Å². The predicted octanol–water partition coefficient (Wildman–Crippen LogP) is 2.13. The summed E-state index contributed by atoms with van der Waals surface area (Å²) in [6.07, 6.45) is 12.7. The number of nitrogens with zero attached hydrogens (tertiary/aromatic N) is 2. The summed E-state index contributed by atoms with van der Waals surface area (Å²) < 4.78 is 6.05. The lowest BCUT2D eigenvalue weighted by molar-refractivity contribution is -0.171. The van der Waals surface area contributed by atoms with Crippen molar-refractivity contribution in [3.05, 3.63) is 0 Å². The summed E-state index contributed by atoms with van der Waals surface area (Å²) in [7, 11) is 1.92. The molecule has 2 heterocycles.